The first-order chi connectivity index (χ1) is 13.9. The van der Waals surface area contributed by atoms with E-state index in [2.05, 4.69) is 33.1 Å². The van der Waals surface area contributed by atoms with Crippen molar-refractivity contribution in [1.82, 2.24) is 5.43 Å². The van der Waals surface area contributed by atoms with E-state index in [0.29, 0.717) is 34.3 Å². The van der Waals surface area contributed by atoms with Gasteiger partial charge in [-0.05, 0) is 78.4 Å². The second kappa shape index (κ2) is 11.6. The van der Waals surface area contributed by atoms with Crippen LogP contribution in [0, 0.1) is 3.57 Å². The molecular weight excluding hydrogens is 511 g/mol. The van der Waals surface area contributed by atoms with Gasteiger partial charge in [-0.2, -0.15) is 5.10 Å². The molecule has 2 aromatic carbocycles. The summed E-state index contributed by atoms with van der Waals surface area (Å²) in [5.74, 6) is 0.102. The van der Waals surface area contributed by atoms with E-state index in [1.807, 2.05) is 6.92 Å². The third kappa shape index (κ3) is 7.21. The molecule has 2 rings (SSSR count). The van der Waals surface area contributed by atoms with Gasteiger partial charge in [-0.3, -0.25) is 4.79 Å². The zero-order valence-corrected chi connectivity index (χ0v) is 18.8. The van der Waals surface area contributed by atoms with E-state index in [4.69, 9.17) is 25.8 Å². The second-order valence-corrected chi connectivity index (χ2v) is 7.16. The second-order valence-electron chi connectivity index (χ2n) is 5.56. The average Bonchev–Trinajstić information content (AvgIpc) is 2.68. The first kappa shape index (κ1) is 23.0. The maximum Gasteiger partial charge on any atom is 0.344 e. The lowest BCUT2D eigenvalue weighted by Gasteiger charge is -2.14. The third-order valence-electron chi connectivity index (χ3n) is 3.46. The van der Waals surface area contributed by atoms with Crippen LogP contribution in [0.25, 0.3) is 0 Å². The molecule has 154 valence electrons. The Morgan fingerprint density at radius 1 is 1.14 bits per heavy atom. The summed E-state index contributed by atoms with van der Waals surface area (Å²) in [7, 11) is 0. The molecule has 0 fully saturated rings. The molecule has 0 heterocycles. The van der Waals surface area contributed by atoms with Crippen molar-refractivity contribution >= 4 is 52.3 Å². The van der Waals surface area contributed by atoms with Crippen molar-refractivity contribution in [3.05, 3.63) is 56.1 Å². The lowest BCUT2D eigenvalue weighted by atomic mass is 10.2. The minimum Gasteiger partial charge on any atom is -0.490 e. The number of carbonyl (C=O) groups excluding carboxylic acids is 2. The van der Waals surface area contributed by atoms with Gasteiger partial charge in [-0.1, -0.05) is 11.6 Å². The van der Waals surface area contributed by atoms with Gasteiger partial charge in [0, 0.05) is 10.6 Å². The van der Waals surface area contributed by atoms with Crippen molar-refractivity contribution in [2.45, 2.75) is 13.8 Å². The molecule has 0 radical (unpaired) electrons. The van der Waals surface area contributed by atoms with E-state index in [9.17, 15) is 9.59 Å². The number of esters is 1. The molecule has 1 amide bonds. The molecule has 29 heavy (non-hydrogen) atoms. The maximum absolute atomic E-state index is 12.1. The van der Waals surface area contributed by atoms with Crippen molar-refractivity contribution in [1.29, 1.82) is 0 Å². The lowest BCUT2D eigenvalue weighted by molar-refractivity contribution is -0.145. The van der Waals surface area contributed by atoms with E-state index >= 15 is 0 Å². The van der Waals surface area contributed by atoms with Gasteiger partial charge in [0.05, 0.1) is 23.0 Å². The van der Waals surface area contributed by atoms with Gasteiger partial charge in [-0.15, -0.1) is 0 Å². The third-order valence-corrected chi connectivity index (χ3v) is 4.51. The van der Waals surface area contributed by atoms with Gasteiger partial charge in [0.15, 0.2) is 18.1 Å². The van der Waals surface area contributed by atoms with Crippen molar-refractivity contribution < 1.29 is 23.8 Å². The predicted octanol–water partition coefficient (Wildman–Crippen LogP) is 4.05. The van der Waals surface area contributed by atoms with Crippen LogP contribution in [-0.2, 0) is 9.53 Å². The molecule has 0 saturated heterocycles. The summed E-state index contributed by atoms with van der Waals surface area (Å²) in [5.41, 5.74) is 3.59. The summed E-state index contributed by atoms with van der Waals surface area (Å²) >= 11 is 7.89. The van der Waals surface area contributed by atoms with Crippen LogP contribution in [0.4, 0.5) is 0 Å². The fraction of sp³-hybridized carbons (Fsp3) is 0.250. The fourth-order valence-corrected chi connectivity index (χ4v) is 3.14. The van der Waals surface area contributed by atoms with Crippen LogP contribution in [0.2, 0.25) is 5.02 Å². The molecular formula is C20H20ClIN2O5. The van der Waals surface area contributed by atoms with Crippen molar-refractivity contribution in [3.63, 3.8) is 0 Å². The van der Waals surface area contributed by atoms with Gasteiger partial charge in [0.25, 0.3) is 5.91 Å². The molecule has 0 saturated carbocycles. The van der Waals surface area contributed by atoms with Crippen molar-refractivity contribution in [2.24, 2.45) is 5.10 Å². The number of rotatable bonds is 9. The van der Waals surface area contributed by atoms with Crippen LogP contribution in [0.15, 0.2) is 41.5 Å². The Balaban J connectivity index is 2.10. The molecule has 0 aliphatic carbocycles. The predicted molar refractivity (Wildman–Crippen MR) is 119 cm³/mol. The highest BCUT2D eigenvalue weighted by molar-refractivity contribution is 14.1. The largest absolute Gasteiger partial charge is 0.490 e. The first-order valence-electron chi connectivity index (χ1n) is 8.78. The van der Waals surface area contributed by atoms with E-state index < -0.39 is 5.97 Å². The SMILES string of the molecule is CCOC(=O)COc1c(I)cc(/C=N\NC(=O)c2ccc(Cl)cc2)cc1OCC. The van der Waals surface area contributed by atoms with Gasteiger partial charge in [-0.25, -0.2) is 10.2 Å². The number of nitrogens with zero attached hydrogens (tertiary/aromatic N) is 1. The molecule has 2 aromatic rings. The number of halogens is 2. The van der Waals surface area contributed by atoms with Crippen LogP contribution < -0.4 is 14.9 Å². The zero-order chi connectivity index (χ0) is 21.2. The Morgan fingerprint density at radius 3 is 2.52 bits per heavy atom. The monoisotopic (exact) mass is 530 g/mol. The fourth-order valence-electron chi connectivity index (χ4n) is 2.23. The first-order valence-corrected chi connectivity index (χ1v) is 10.2. The van der Waals surface area contributed by atoms with E-state index in [1.165, 1.54) is 6.21 Å². The Bertz CT molecular complexity index is 887. The number of ether oxygens (including phenoxy) is 3. The number of amides is 1. The average molecular weight is 531 g/mol. The molecule has 9 heteroatoms. The number of hydrogen-bond acceptors (Lipinski definition) is 6. The summed E-state index contributed by atoms with van der Waals surface area (Å²) < 4.78 is 16.8. The Hall–Kier alpha value is -2.33. The highest BCUT2D eigenvalue weighted by Gasteiger charge is 2.14. The summed E-state index contributed by atoms with van der Waals surface area (Å²) in [5, 5.41) is 4.53. The highest BCUT2D eigenvalue weighted by Crippen LogP contribution is 2.34. The Kier molecular flexibility index (Phi) is 9.20. The number of hydrogen-bond donors (Lipinski definition) is 1. The minimum atomic E-state index is -0.457. The maximum atomic E-state index is 12.1. The Labute approximate surface area is 187 Å². The van der Waals surface area contributed by atoms with Crippen molar-refractivity contribution in [2.75, 3.05) is 19.8 Å². The van der Waals surface area contributed by atoms with E-state index in [-0.39, 0.29) is 19.1 Å². The normalized spacial score (nSPS) is 10.6. The van der Waals surface area contributed by atoms with Crippen LogP contribution in [0.1, 0.15) is 29.8 Å². The molecule has 0 aliphatic heterocycles. The summed E-state index contributed by atoms with van der Waals surface area (Å²) in [4.78, 5) is 23.6. The molecule has 1 N–H and O–H groups in total. The van der Waals surface area contributed by atoms with Gasteiger partial charge >= 0.3 is 5.97 Å². The van der Waals surface area contributed by atoms with Gasteiger partial charge in [0.1, 0.15) is 0 Å². The smallest absolute Gasteiger partial charge is 0.344 e. The van der Waals surface area contributed by atoms with Gasteiger partial charge < -0.3 is 14.2 Å². The number of hydrazone groups is 1. The quantitative estimate of drug-likeness (QED) is 0.229. The summed E-state index contributed by atoms with van der Waals surface area (Å²) in [6.07, 6.45) is 1.49. The lowest BCUT2D eigenvalue weighted by Crippen LogP contribution is -2.17. The van der Waals surface area contributed by atoms with Crippen LogP contribution in [-0.4, -0.2) is 37.9 Å². The molecule has 0 atom stereocenters. The molecule has 7 nitrogen and oxygen atoms in total. The van der Waals surface area contributed by atoms with E-state index in [0.717, 1.165) is 3.57 Å². The number of benzene rings is 2. The number of nitrogens with one attached hydrogen (secondary N) is 1. The molecule has 0 spiro atoms. The highest BCUT2D eigenvalue weighted by atomic mass is 127. The van der Waals surface area contributed by atoms with Crippen LogP contribution >= 0.6 is 34.2 Å². The number of carbonyl (C=O) groups is 2. The van der Waals surface area contributed by atoms with Crippen LogP contribution in [0.3, 0.4) is 0 Å². The summed E-state index contributed by atoms with van der Waals surface area (Å²) in [6.45, 7) is 4.06. The zero-order valence-electron chi connectivity index (χ0n) is 15.9. The summed E-state index contributed by atoms with van der Waals surface area (Å²) in [6, 6.07) is 9.99. The standard InChI is InChI=1S/C20H20ClIN2O5/c1-3-27-17-10-13(9-16(22)19(17)29-12-18(25)28-4-2)11-23-24-20(26)14-5-7-15(21)8-6-14/h5-11H,3-4,12H2,1-2H3,(H,24,26)/b23-11-. The van der Waals surface area contributed by atoms with Crippen LogP contribution in [0.5, 0.6) is 11.5 Å². The van der Waals surface area contributed by atoms with E-state index in [1.54, 1.807) is 43.3 Å². The minimum absolute atomic E-state index is 0.214. The molecule has 0 aliphatic rings. The molecule has 0 bridgehead atoms. The topological polar surface area (TPSA) is 86.2 Å². The van der Waals surface area contributed by atoms with Crippen molar-refractivity contribution in [3.8, 4) is 11.5 Å². The van der Waals surface area contributed by atoms with Gasteiger partial charge in [0.2, 0.25) is 0 Å². The molecule has 0 unspecified atom stereocenters. The molecule has 0 aromatic heterocycles. The Morgan fingerprint density at radius 2 is 1.86 bits per heavy atom.